The molecule has 1 unspecified atom stereocenters. The van der Waals surface area contributed by atoms with Crippen LogP contribution in [0.4, 0.5) is 13.2 Å². The van der Waals surface area contributed by atoms with E-state index < -0.39 is 6.36 Å². The van der Waals surface area contributed by atoms with Crippen molar-refractivity contribution < 1.29 is 17.9 Å². The number of rotatable bonds is 3. The molecule has 0 aliphatic rings. The van der Waals surface area contributed by atoms with Crippen LogP contribution >= 0.6 is 0 Å². The highest BCUT2D eigenvalue weighted by Gasteiger charge is 2.28. The Bertz CT molecular complexity index is 91.4. The molecule has 0 radical (unpaired) electrons. The van der Waals surface area contributed by atoms with Crippen molar-refractivity contribution in [1.82, 2.24) is 0 Å². The Labute approximate surface area is 57.1 Å². The Hall–Kier alpha value is -0.290. The van der Waals surface area contributed by atoms with Gasteiger partial charge < -0.3 is 5.73 Å². The van der Waals surface area contributed by atoms with Crippen LogP contribution in [0.15, 0.2) is 0 Å². The van der Waals surface area contributed by atoms with E-state index in [1.807, 2.05) is 0 Å². The van der Waals surface area contributed by atoms with Gasteiger partial charge in [0.1, 0.15) is 0 Å². The summed E-state index contributed by atoms with van der Waals surface area (Å²) >= 11 is 0. The normalized spacial score (nSPS) is 15.3. The van der Waals surface area contributed by atoms with Crippen molar-refractivity contribution in [2.45, 2.75) is 25.7 Å². The quantitative estimate of drug-likeness (QED) is 0.669. The minimum atomic E-state index is -4.52. The third kappa shape index (κ3) is 7.71. The lowest BCUT2D eigenvalue weighted by atomic mass is 10.3. The fourth-order valence-corrected chi connectivity index (χ4v) is 0.361. The van der Waals surface area contributed by atoms with Gasteiger partial charge in [-0.2, -0.15) is 0 Å². The van der Waals surface area contributed by atoms with Crippen LogP contribution in [0.1, 0.15) is 13.3 Å². The highest BCUT2D eigenvalue weighted by atomic mass is 19.4. The second-order valence-electron chi connectivity index (χ2n) is 2.06. The largest absolute Gasteiger partial charge is 0.522 e. The lowest BCUT2D eigenvalue weighted by molar-refractivity contribution is -0.324. The average Bonchev–Trinajstić information content (AvgIpc) is 1.59. The molecule has 0 bridgehead atoms. The van der Waals surface area contributed by atoms with E-state index >= 15 is 0 Å². The maximum Gasteiger partial charge on any atom is 0.522 e. The van der Waals surface area contributed by atoms with Gasteiger partial charge in [0.2, 0.25) is 0 Å². The van der Waals surface area contributed by atoms with E-state index in [9.17, 15) is 13.2 Å². The minimum Gasteiger partial charge on any atom is -0.328 e. The summed E-state index contributed by atoms with van der Waals surface area (Å²) in [6, 6.07) is -0.248. The Morgan fingerprint density at radius 2 is 2.00 bits per heavy atom. The van der Waals surface area contributed by atoms with Crippen LogP contribution < -0.4 is 5.73 Å². The van der Waals surface area contributed by atoms with Crippen LogP contribution in [0.25, 0.3) is 0 Å². The molecule has 0 saturated heterocycles. The fourth-order valence-electron chi connectivity index (χ4n) is 0.361. The molecule has 0 aromatic carbocycles. The zero-order valence-electron chi connectivity index (χ0n) is 5.61. The predicted molar refractivity (Wildman–Crippen MR) is 30.3 cm³/mol. The summed E-state index contributed by atoms with van der Waals surface area (Å²) in [6.45, 7) is 1.26. The van der Waals surface area contributed by atoms with Gasteiger partial charge in [-0.05, 0) is 13.3 Å². The maximum absolute atomic E-state index is 11.2. The molecule has 5 heteroatoms. The highest BCUT2D eigenvalue weighted by molar-refractivity contribution is 4.50. The molecule has 2 nitrogen and oxygen atoms in total. The van der Waals surface area contributed by atoms with Gasteiger partial charge in [-0.15, -0.1) is 13.2 Å². The average molecular weight is 157 g/mol. The summed E-state index contributed by atoms with van der Waals surface area (Å²) in [7, 11) is 0. The number of nitrogens with two attached hydrogens (primary N) is 1. The maximum atomic E-state index is 11.2. The van der Waals surface area contributed by atoms with Gasteiger partial charge >= 0.3 is 6.36 Å². The van der Waals surface area contributed by atoms with Gasteiger partial charge in [-0.25, -0.2) is 0 Å². The molecule has 0 spiro atoms. The van der Waals surface area contributed by atoms with Crippen molar-refractivity contribution in [2.24, 2.45) is 5.73 Å². The molecule has 10 heavy (non-hydrogen) atoms. The molecule has 0 aliphatic carbocycles. The molecule has 0 aromatic heterocycles. The van der Waals surface area contributed by atoms with Gasteiger partial charge in [0.15, 0.2) is 0 Å². The topological polar surface area (TPSA) is 35.2 Å². The predicted octanol–water partition coefficient (Wildman–Crippen LogP) is 1.26. The summed E-state index contributed by atoms with van der Waals surface area (Å²) in [5, 5.41) is 0. The number of halogens is 3. The molecule has 0 aromatic rings. The van der Waals surface area contributed by atoms with Crippen LogP contribution in [-0.2, 0) is 4.74 Å². The summed E-state index contributed by atoms with van der Waals surface area (Å²) in [5.74, 6) is 0. The molecular formula is C5H10F3NO. The monoisotopic (exact) mass is 157 g/mol. The molecule has 62 valence electrons. The van der Waals surface area contributed by atoms with Crippen LogP contribution in [0.5, 0.6) is 0 Å². The Balaban J connectivity index is 3.21. The van der Waals surface area contributed by atoms with Crippen molar-refractivity contribution in [3.05, 3.63) is 0 Å². The van der Waals surface area contributed by atoms with Gasteiger partial charge in [-0.3, -0.25) is 4.74 Å². The first-order valence-electron chi connectivity index (χ1n) is 2.88. The Kier molecular flexibility index (Phi) is 3.67. The first-order chi connectivity index (χ1) is 4.42. The summed E-state index contributed by atoms with van der Waals surface area (Å²) in [5.41, 5.74) is 5.17. The van der Waals surface area contributed by atoms with Crippen LogP contribution in [0, 0.1) is 0 Å². The van der Waals surface area contributed by atoms with E-state index in [2.05, 4.69) is 4.74 Å². The summed E-state index contributed by atoms with van der Waals surface area (Å²) in [4.78, 5) is 0. The Morgan fingerprint density at radius 3 is 2.30 bits per heavy atom. The standard InChI is InChI=1S/C5H10F3NO/c1-4(9)2-3-10-5(6,7)8/h4H,2-3,9H2,1H3. The second-order valence-corrected chi connectivity index (χ2v) is 2.06. The number of hydrogen-bond donors (Lipinski definition) is 1. The van der Waals surface area contributed by atoms with E-state index in [-0.39, 0.29) is 19.1 Å². The van der Waals surface area contributed by atoms with Gasteiger partial charge in [-0.1, -0.05) is 0 Å². The van der Waals surface area contributed by atoms with Crippen molar-refractivity contribution in [3.8, 4) is 0 Å². The van der Waals surface area contributed by atoms with Crippen LogP contribution in [-0.4, -0.2) is 19.0 Å². The van der Waals surface area contributed by atoms with Crippen molar-refractivity contribution in [2.75, 3.05) is 6.61 Å². The van der Waals surface area contributed by atoms with Crippen molar-refractivity contribution in [3.63, 3.8) is 0 Å². The van der Waals surface area contributed by atoms with Crippen molar-refractivity contribution >= 4 is 0 Å². The summed E-state index contributed by atoms with van der Waals surface area (Å²) in [6.07, 6.45) is -4.30. The van der Waals surface area contributed by atoms with Crippen molar-refractivity contribution in [1.29, 1.82) is 0 Å². The van der Waals surface area contributed by atoms with E-state index in [4.69, 9.17) is 5.73 Å². The molecule has 2 N–H and O–H groups in total. The zero-order valence-corrected chi connectivity index (χ0v) is 5.61. The van der Waals surface area contributed by atoms with E-state index in [1.54, 1.807) is 6.92 Å². The molecule has 1 atom stereocenters. The van der Waals surface area contributed by atoms with Gasteiger partial charge in [0.05, 0.1) is 6.61 Å². The molecule has 0 fully saturated rings. The molecule has 0 aliphatic heterocycles. The zero-order chi connectivity index (χ0) is 8.20. The highest BCUT2D eigenvalue weighted by Crippen LogP contribution is 2.16. The van der Waals surface area contributed by atoms with E-state index in [0.29, 0.717) is 0 Å². The molecule has 0 saturated carbocycles. The number of alkyl halides is 3. The third-order valence-electron chi connectivity index (χ3n) is 0.839. The fraction of sp³-hybridized carbons (Fsp3) is 1.00. The molecular weight excluding hydrogens is 147 g/mol. The van der Waals surface area contributed by atoms with Gasteiger partial charge in [0, 0.05) is 6.04 Å². The first kappa shape index (κ1) is 9.71. The molecule has 0 heterocycles. The third-order valence-corrected chi connectivity index (χ3v) is 0.839. The molecule has 0 rings (SSSR count). The number of hydrogen-bond acceptors (Lipinski definition) is 2. The van der Waals surface area contributed by atoms with E-state index in [1.165, 1.54) is 0 Å². The smallest absolute Gasteiger partial charge is 0.328 e. The minimum absolute atomic E-state index is 0.222. The molecule has 0 amide bonds. The second kappa shape index (κ2) is 3.78. The van der Waals surface area contributed by atoms with Crippen LogP contribution in [0.2, 0.25) is 0 Å². The SMILES string of the molecule is CC(N)CCOC(F)(F)F. The Morgan fingerprint density at radius 1 is 1.50 bits per heavy atom. The number of ether oxygens (including phenoxy) is 1. The van der Waals surface area contributed by atoms with Gasteiger partial charge in [0.25, 0.3) is 0 Å². The lowest BCUT2D eigenvalue weighted by Crippen LogP contribution is -2.21. The lowest BCUT2D eigenvalue weighted by Gasteiger charge is -2.08. The first-order valence-corrected chi connectivity index (χ1v) is 2.88. The summed E-state index contributed by atoms with van der Waals surface area (Å²) < 4.78 is 37.2. The van der Waals surface area contributed by atoms with E-state index in [0.717, 1.165) is 0 Å². The van der Waals surface area contributed by atoms with Crippen LogP contribution in [0.3, 0.4) is 0 Å².